The van der Waals surface area contributed by atoms with Crippen LogP contribution in [-0.2, 0) is 4.79 Å². The molecule has 4 N–H and O–H groups in total. The molecule has 0 saturated heterocycles. The van der Waals surface area contributed by atoms with Gasteiger partial charge in [-0.05, 0) is 12.1 Å². The number of ether oxygens (including phenoxy) is 1. The van der Waals surface area contributed by atoms with Crippen LogP contribution in [0, 0.1) is 0 Å². The van der Waals surface area contributed by atoms with Crippen LogP contribution in [0.15, 0.2) is 29.4 Å². The summed E-state index contributed by atoms with van der Waals surface area (Å²) in [4.78, 5) is 10.8. The van der Waals surface area contributed by atoms with Crippen LogP contribution in [0.2, 0.25) is 0 Å². The second-order valence-electron chi connectivity index (χ2n) is 3.09. The Morgan fingerprint density at radius 2 is 2.38 bits per heavy atom. The smallest absolute Gasteiger partial charge is 0.221 e. The lowest BCUT2D eigenvalue weighted by atomic mass is 10.3. The number of oxime groups is 1. The standard InChI is InChI=1S/C10H13N3O3/c1-7(14)12-8-3-2-4-9(5-8)16-6-10(11)13-15/h2-5,15H,6H2,1H3,(H2,11,13)(H,12,14). The summed E-state index contributed by atoms with van der Waals surface area (Å²) in [5, 5.41) is 13.7. The predicted molar refractivity (Wildman–Crippen MR) is 59.6 cm³/mol. The molecule has 0 heterocycles. The second kappa shape index (κ2) is 5.59. The number of amides is 1. The summed E-state index contributed by atoms with van der Waals surface area (Å²) in [5.74, 6) is 0.344. The van der Waals surface area contributed by atoms with E-state index in [1.165, 1.54) is 6.92 Å². The van der Waals surface area contributed by atoms with Crippen molar-refractivity contribution in [3.63, 3.8) is 0 Å². The minimum atomic E-state index is -0.159. The first-order valence-electron chi connectivity index (χ1n) is 4.58. The zero-order valence-electron chi connectivity index (χ0n) is 8.80. The molecule has 0 bridgehead atoms. The van der Waals surface area contributed by atoms with Gasteiger partial charge in [-0.15, -0.1) is 0 Å². The van der Waals surface area contributed by atoms with Crippen LogP contribution in [0.25, 0.3) is 0 Å². The van der Waals surface area contributed by atoms with Gasteiger partial charge in [-0.2, -0.15) is 0 Å². The first kappa shape index (κ1) is 11.8. The van der Waals surface area contributed by atoms with Crippen LogP contribution in [-0.4, -0.2) is 23.6 Å². The molecule has 0 spiro atoms. The van der Waals surface area contributed by atoms with Crippen LogP contribution < -0.4 is 15.8 Å². The van der Waals surface area contributed by atoms with E-state index in [1.807, 2.05) is 0 Å². The monoisotopic (exact) mass is 223 g/mol. The van der Waals surface area contributed by atoms with E-state index in [0.717, 1.165) is 0 Å². The number of hydrogen-bond donors (Lipinski definition) is 3. The Morgan fingerprint density at radius 3 is 3.00 bits per heavy atom. The highest BCUT2D eigenvalue weighted by Gasteiger charge is 1.99. The Morgan fingerprint density at radius 1 is 1.62 bits per heavy atom. The fourth-order valence-corrected chi connectivity index (χ4v) is 1.05. The van der Waals surface area contributed by atoms with Crippen molar-refractivity contribution in [1.82, 2.24) is 0 Å². The number of hydrogen-bond acceptors (Lipinski definition) is 4. The SMILES string of the molecule is CC(=O)Nc1cccc(OC/C(N)=N/O)c1. The third kappa shape index (κ3) is 3.87. The predicted octanol–water partition coefficient (Wildman–Crippen LogP) is 0.770. The largest absolute Gasteiger partial charge is 0.485 e. The number of nitrogens with zero attached hydrogens (tertiary/aromatic N) is 1. The van der Waals surface area contributed by atoms with Gasteiger partial charge in [0.25, 0.3) is 0 Å². The van der Waals surface area contributed by atoms with Gasteiger partial charge in [0.1, 0.15) is 12.4 Å². The van der Waals surface area contributed by atoms with E-state index in [9.17, 15) is 4.79 Å². The maximum atomic E-state index is 10.8. The summed E-state index contributed by atoms with van der Waals surface area (Å²) in [6, 6.07) is 6.81. The van der Waals surface area contributed by atoms with Gasteiger partial charge in [0.15, 0.2) is 5.84 Å². The quantitative estimate of drug-likeness (QED) is 0.304. The van der Waals surface area contributed by atoms with Gasteiger partial charge in [0.05, 0.1) is 0 Å². The third-order valence-corrected chi connectivity index (χ3v) is 1.67. The number of amidine groups is 1. The van der Waals surface area contributed by atoms with Gasteiger partial charge >= 0.3 is 0 Å². The lowest BCUT2D eigenvalue weighted by molar-refractivity contribution is -0.114. The van der Waals surface area contributed by atoms with E-state index >= 15 is 0 Å². The van der Waals surface area contributed by atoms with E-state index in [2.05, 4.69) is 10.5 Å². The lowest BCUT2D eigenvalue weighted by Crippen LogP contribution is -2.20. The molecule has 0 unspecified atom stereocenters. The molecule has 0 aliphatic rings. The third-order valence-electron chi connectivity index (χ3n) is 1.67. The van der Waals surface area contributed by atoms with Gasteiger partial charge < -0.3 is 21.0 Å². The number of anilines is 1. The molecular weight excluding hydrogens is 210 g/mol. The van der Waals surface area contributed by atoms with Crippen molar-refractivity contribution in [3.8, 4) is 5.75 Å². The number of nitrogens with one attached hydrogen (secondary N) is 1. The zero-order valence-corrected chi connectivity index (χ0v) is 8.80. The fraction of sp³-hybridized carbons (Fsp3) is 0.200. The van der Waals surface area contributed by atoms with Crippen LogP contribution in [0.3, 0.4) is 0 Å². The number of carbonyl (C=O) groups excluding carboxylic acids is 1. The fourth-order valence-electron chi connectivity index (χ4n) is 1.05. The van der Waals surface area contributed by atoms with Gasteiger partial charge in [0.2, 0.25) is 5.91 Å². The highest BCUT2D eigenvalue weighted by molar-refractivity contribution is 5.88. The Labute approximate surface area is 92.7 Å². The van der Waals surface area contributed by atoms with Gasteiger partial charge in [-0.1, -0.05) is 11.2 Å². The van der Waals surface area contributed by atoms with E-state index < -0.39 is 0 Å². The Kier molecular flexibility index (Phi) is 4.14. The van der Waals surface area contributed by atoms with Crippen molar-refractivity contribution in [1.29, 1.82) is 0 Å². The van der Waals surface area contributed by atoms with E-state index in [0.29, 0.717) is 11.4 Å². The molecule has 16 heavy (non-hydrogen) atoms. The van der Waals surface area contributed by atoms with Crippen molar-refractivity contribution < 1.29 is 14.7 Å². The van der Waals surface area contributed by atoms with Crippen molar-refractivity contribution in [2.75, 3.05) is 11.9 Å². The molecule has 0 radical (unpaired) electrons. The molecule has 0 saturated carbocycles. The normalized spacial score (nSPS) is 10.9. The van der Waals surface area contributed by atoms with E-state index in [1.54, 1.807) is 24.3 Å². The molecule has 1 amide bonds. The van der Waals surface area contributed by atoms with Gasteiger partial charge in [-0.3, -0.25) is 4.79 Å². The highest BCUT2D eigenvalue weighted by atomic mass is 16.5. The molecule has 0 aliphatic carbocycles. The Bertz CT molecular complexity index is 404. The molecule has 0 fully saturated rings. The van der Waals surface area contributed by atoms with Gasteiger partial charge in [-0.25, -0.2) is 0 Å². The summed E-state index contributed by atoms with van der Waals surface area (Å²) >= 11 is 0. The Hall–Kier alpha value is -2.24. The summed E-state index contributed by atoms with van der Waals surface area (Å²) in [6.45, 7) is 1.41. The topological polar surface area (TPSA) is 96.9 Å². The summed E-state index contributed by atoms with van der Waals surface area (Å²) in [5.41, 5.74) is 5.87. The zero-order chi connectivity index (χ0) is 12.0. The average molecular weight is 223 g/mol. The summed E-state index contributed by atoms with van der Waals surface area (Å²) in [6.07, 6.45) is 0. The van der Waals surface area contributed by atoms with E-state index in [-0.39, 0.29) is 18.3 Å². The minimum Gasteiger partial charge on any atom is -0.485 e. The van der Waals surface area contributed by atoms with E-state index in [4.69, 9.17) is 15.7 Å². The number of carbonyl (C=O) groups is 1. The molecule has 1 aromatic carbocycles. The lowest BCUT2D eigenvalue weighted by Gasteiger charge is -2.07. The van der Waals surface area contributed by atoms with Crippen LogP contribution in [0.1, 0.15) is 6.92 Å². The maximum Gasteiger partial charge on any atom is 0.221 e. The first-order chi connectivity index (χ1) is 7.61. The highest BCUT2D eigenvalue weighted by Crippen LogP contribution is 2.16. The van der Waals surface area contributed by atoms with Crippen LogP contribution in [0.4, 0.5) is 5.69 Å². The van der Waals surface area contributed by atoms with Crippen molar-refractivity contribution >= 4 is 17.4 Å². The Balaban J connectivity index is 2.63. The molecule has 6 nitrogen and oxygen atoms in total. The molecule has 6 heteroatoms. The molecule has 1 aromatic rings. The molecule has 0 aliphatic heterocycles. The molecular formula is C10H13N3O3. The molecule has 0 atom stereocenters. The van der Waals surface area contributed by atoms with Crippen molar-refractivity contribution in [2.24, 2.45) is 10.9 Å². The molecule has 1 rings (SSSR count). The van der Waals surface area contributed by atoms with Crippen LogP contribution >= 0.6 is 0 Å². The second-order valence-corrected chi connectivity index (χ2v) is 3.09. The van der Waals surface area contributed by atoms with Crippen molar-refractivity contribution in [2.45, 2.75) is 6.92 Å². The summed E-state index contributed by atoms with van der Waals surface area (Å²) in [7, 11) is 0. The maximum absolute atomic E-state index is 10.8. The van der Waals surface area contributed by atoms with Crippen LogP contribution in [0.5, 0.6) is 5.75 Å². The average Bonchev–Trinajstić information content (AvgIpc) is 2.25. The first-order valence-corrected chi connectivity index (χ1v) is 4.58. The van der Waals surface area contributed by atoms with Crippen molar-refractivity contribution in [3.05, 3.63) is 24.3 Å². The molecule has 86 valence electrons. The number of rotatable bonds is 4. The number of benzene rings is 1. The minimum absolute atomic E-state index is 0.0139. The number of nitrogens with two attached hydrogens (primary N) is 1. The van der Waals surface area contributed by atoms with Gasteiger partial charge in [0, 0.05) is 18.7 Å². The summed E-state index contributed by atoms with van der Waals surface area (Å²) < 4.78 is 5.21. The molecule has 0 aromatic heterocycles.